The fourth-order valence-corrected chi connectivity index (χ4v) is 3.98. The van der Waals surface area contributed by atoms with Gasteiger partial charge in [-0.1, -0.05) is 42.6 Å². The van der Waals surface area contributed by atoms with Crippen molar-refractivity contribution < 1.29 is 19.4 Å². The normalized spacial score (nSPS) is 18.3. The highest BCUT2D eigenvalue weighted by Crippen LogP contribution is 2.43. The third-order valence-electron chi connectivity index (χ3n) is 4.76. The molecule has 1 aliphatic heterocycles. The number of methoxy groups -OCH3 is 1. The average molecular weight is 435 g/mol. The molecule has 0 spiro atoms. The fourth-order valence-electron chi connectivity index (χ4n) is 3.41. The molecule has 6 nitrogen and oxygen atoms in total. The van der Waals surface area contributed by atoms with Crippen LogP contribution < -0.4 is 4.74 Å². The molecule has 2 aromatic rings. The van der Waals surface area contributed by atoms with Gasteiger partial charge in [0, 0.05) is 24.0 Å². The molecule has 3 rings (SSSR count). The van der Waals surface area contributed by atoms with Gasteiger partial charge in [0.2, 0.25) is 0 Å². The zero-order valence-corrected chi connectivity index (χ0v) is 17.5. The van der Waals surface area contributed by atoms with E-state index in [2.05, 4.69) is 4.98 Å². The molecular weight excluding hydrogens is 415 g/mol. The minimum absolute atomic E-state index is 0.0456. The summed E-state index contributed by atoms with van der Waals surface area (Å²) >= 11 is 12.3. The van der Waals surface area contributed by atoms with Crippen molar-refractivity contribution in [1.82, 2.24) is 9.88 Å². The number of ether oxygens (including phenoxy) is 1. The van der Waals surface area contributed by atoms with Gasteiger partial charge in [0.25, 0.3) is 11.7 Å². The molecule has 1 saturated heterocycles. The topological polar surface area (TPSA) is 79.7 Å². The number of pyridine rings is 1. The number of hydrogen-bond acceptors (Lipinski definition) is 5. The van der Waals surface area contributed by atoms with Gasteiger partial charge in [-0.25, -0.2) is 0 Å². The Hall–Kier alpha value is -2.57. The van der Waals surface area contributed by atoms with Crippen molar-refractivity contribution in [2.24, 2.45) is 0 Å². The van der Waals surface area contributed by atoms with Gasteiger partial charge in [-0.2, -0.15) is 0 Å². The fraction of sp³-hybridized carbons (Fsp3) is 0.286. The Morgan fingerprint density at radius 2 is 2.07 bits per heavy atom. The van der Waals surface area contributed by atoms with Gasteiger partial charge in [0.1, 0.15) is 11.5 Å². The summed E-state index contributed by atoms with van der Waals surface area (Å²) in [5, 5.41) is 11.5. The number of carbonyl (C=O) groups excluding carboxylic acids is 2. The lowest BCUT2D eigenvalue weighted by Gasteiger charge is -2.25. The lowest BCUT2D eigenvalue weighted by atomic mass is 9.96. The summed E-state index contributed by atoms with van der Waals surface area (Å²) in [6.07, 6.45) is 4.74. The number of unbranched alkanes of at least 4 members (excludes halogenated alkanes) is 1. The molecule has 0 saturated carbocycles. The SMILES string of the molecule is CCCCN1C(=O)C(=O)/C(=C(/O)c2cc(Cl)cc(Cl)c2OC)C1c1cccnc1. The predicted molar refractivity (Wildman–Crippen MR) is 111 cm³/mol. The van der Waals surface area contributed by atoms with Crippen LogP contribution in [0.15, 0.2) is 42.2 Å². The van der Waals surface area contributed by atoms with E-state index in [0.29, 0.717) is 12.1 Å². The number of carbonyl (C=O) groups is 2. The molecule has 0 aliphatic carbocycles. The summed E-state index contributed by atoms with van der Waals surface area (Å²) in [5.74, 6) is -1.66. The number of Topliss-reactive ketones (excluding diaryl/α,β-unsaturated/α-hetero) is 1. The van der Waals surface area contributed by atoms with Crippen molar-refractivity contribution in [3.8, 4) is 5.75 Å². The third kappa shape index (κ3) is 3.95. The quantitative estimate of drug-likeness (QED) is 0.407. The van der Waals surface area contributed by atoms with Gasteiger partial charge in [-0.05, 0) is 30.2 Å². The van der Waals surface area contributed by atoms with E-state index in [9.17, 15) is 14.7 Å². The Bertz CT molecular complexity index is 976. The van der Waals surface area contributed by atoms with E-state index in [1.54, 1.807) is 24.5 Å². The number of aromatic nitrogens is 1. The largest absolute Gasteiger partial charge is 0.507 e. The van der Waals surface area contributed by atoms with Crippen molar-refractivity contribution >= 4 is 40.7 Å². The van der Waals surface area contributed by atoms with E-state index in [1.165, 1.54) is 24.1 Å². The van der Waals surface area contributed by atoms with Crippen LogP contribution >= 0.6 is 23.2 Å². The maximum Gasteiger partial charge on any atom is 0.295 e. The number of benzene rings is 1. The second-order valence-corrected chi connectivity index (χ2v) is 7.44. The second-order valence-electron chi connectivity index (χ2n) is 6.60. The third-order valence-corrected chi connectivity index (χ3v) is 5.26. The van der Waals surface area contributed by atoms with Gasteiger partial charge in [-0.3, -0.25) is 14.6 Å². The molecule has 1 fully saturated rings. The number of hydrogen-bond donors (Lipinski definition) is 1. The lowest BCUT2D eigenvalue weighted by Crippen LogP contribution is -2.30. The number of ketones is 1. The smallest absolute Gasteiger partial charge is 0.295 e. The first kappa shape index (κ1) is 21.1. The van der Waals surface area contributed by atoms with Crippen LogP contribution in [0, 0.1) is 0 Å². The summed E-state index contributed by atoms with van der Waals surface area (Å²) in [7, 11) is 1.39. The summed E-state index contributed by atoms with van der Waals surface area (Å²) in [5.41, 5.74) is 0.722. The van der Waals surface area contributed by atoms with Gasteiger partial charge in [-0.15, -0.1) is 0 Å². The van der Waals surface area contributed by atoms with Gasteiger partial charge in [0.05, 0.1) is 29.3 Å². The van der Waals surface area contributed by atoms with E-state index < -0.39 is 23.5 Å². The number of rotatable bonds is 6. The molecule has 8 heteroatoms. The molecule has 1 unspecified atom stereocenters. The lowest BCUT2D eigenvalue weighted by molar-refractivity contribution is -0.139. The Morgan fingerprint density at radius 3 is 2.69 bits per heavy atom. The van der Waals surface area contributed by atoms with E-state index >= 15 is 0 Å². The van der Waals surface area contributed by atoms with Crippen molar-refractivity contribution in [3.05, 3.63) is 63.4 Å². The van der Waals surface area contributed by atoms with Gasteiger partial charge >= 0.3 is 0 Å². The van der Waals surface area contributed by atoms with E-state index in [4.69, 9.17) is 27.9 Å². The Kier molecular flexibility index (Phi) is 6.45. The molecular formula is C21H20Cl2N2O4. The van der Waals surface area contributed by atoms with Crippen LogP contribution in [-0.4, -0.2) is 40.3 Å². The van der Waals surface area contributed by atoms with Crippen LogP contribution in [0.3, 0.4) is 0 Å². The highest BCUT2D eigenvalue weighted by molar-refractivity contribution is 6.46. The monoisotopic (exact) mass is 434 g/mol. The maximum atomic E-state index is 12.9. The maximum absolute atomic E-state index is 12.9. The van der Waals surface area contributed by atoms with Crippen LogP contribution in [-0.2, 0) is 9.59 Å². The zero-order valence-electron chi connectivity index (χ0n) is 16.0. The first-order valence-corrected chi connectivity index (χ1v) is 9.88. The highest BCUT2D eigenvalue weighted by Gasteiger charge is 2.46. The first-order chi connectivity index (χ1) is 13.9. The molecule has 152 valence electrons. The van der Waals surface area contributed by atoms with E-state index in [0.717, 1.165) is 12.8 Å². The number of aliphatic hydroxyl groups is 1. The number of likely N-dealkylation sites (tertiary alicyclic amines) is 1. The number of nitrogens with zero attached hydrogens (tertiary/aromatic N) is 2. The first-order valence-electron chi connectivity index (χ1n) is 9.12. The Morgan fingerprint density at radius 1 is 1.31 bits per heavy atom. The minimum Gasteiger partial charge on any atom is -0.507 e. The van der Waals surface area contributed by atoms with Crippen molar-refractivity contribution in [2.45, 2.75) is 25.8 Å². The second kappa shape index (κ2) is 8.84. The number of halogens is 2. The molecule has 1 aliphatic rings. The molecule has 1 amide bonds. The van der Waals surface area contributed by atoms with Crippen LogP contribution in [0.25, 0.3) is 5.76 Å². The molecule has 1 atom stereocenters. The predicted octanol–water partition coefficient (Wildman–Crippen LogP) is 4.62. The molecule has 29 heavy (non-hydrogen) atoms. The standard InChI is InChI=1S/C21H20Cl2N2O4/c1-3-4-8-25-17(12-6-5-7-24-11-12)16(19(27)21(25)28)18(26)14-9-13(22)10-15(23)20(14)29-2/h5-7,9-11,17,26H,3-4,8H2,1-2H3/b18-16+. The van der Waals surface area contributed by atoms with E-state index in [-0.39, 0.29) is 26.9 Å². The molecule has 0 bridgehead atoms. The van der Waals surface area contributed by atoms with Crippen LogP contribution in [0.5, 0.6) is 5.75 Å². The zero-order chi connectivity index (χ0) is 21.1. The Balaban J connectivity index is 2.24. The molecule has 0 radical (unpaired) electrons. The Labute approximate surface area is 178 Å². The van der Waals surface area contributed by atoms with Gasteiger partial charge in [0.15, 0.2) is 0 Å². The molecule has 1 N–H and O–H groups in total. The summed E-state index contributed by atoms with van der Waals surface area (Å²) in [6.45, 7) is 2.37. The molecule has 1 aromatic heterocycles. The van der Waals surface area contributed by atoms with Crippen LogP contribution in [0.4, 0.5) is 0 Å². The van der Waals surface area contributed by atoms with Crippen molar-refractivity contribution in [2.75, 3.05) is 13.7 Å². The average Bonchev–Trinajstić information content (AvgIpc) is 2.96. The highest BCUT2D eigenvalue weighted by atomic mass is 35.5. The summed E-state index contributed by atoms with van der Waals surface area (Å²) in [6, 6.07) is 5.63. The number of amides is 1. The van der Waals surface area contributed by atoms with Crippen molar-refractivity contribution in [3.63, 3.8) is 0 Å². The molecule has 2 heterocycles. The van der Waals surface area contributed by atoms with E-state index in [1.807, 2.05) is 6.92 Å². The van der Waals surface area contributed by atoms with Crippen LogP contribution in [0.2, 0.25) is 10.0 Å². The molecule has 1 aromatic carbocycles. The van der Waals surface area contributed by atoms with Gasteiger partial charge < -0.3 is 14.7 Å². The van der Waals surface area contributed by atoms with Crippen molar-refractivity contribution in [1.29, 1.82) is 0 Å². The number of aliphatic hydroxyl groups excluding tert-OH is 1. The minimum atomic E-state index is -0.773. The summed E-state index contributed by atoms with van der Waals surface area (Å²) in [4.78, 5) is 31.2. The van der Waals surface area contributed by atoms with Crippen LogP contribution in [0.1, 0.15) is 36.9 Å². The summed E-state index contributed by atoms with van der Waals surface area (Å²) < 4.78 is 5.30.